The van der Waals surface area contributed by atoms with Crippen LogP contribution in [0.3, 0.4) is 0 Å². The number of benzene rings is 1. The van der Waals surface area contributed by atoms with Gasteiger partial charge in [0.25, 0.3) is 0 Å². The first kappa shape index (κ1) is 14.3. The van der Waals surface area contributed by atoms with E-state index in [1.807, 2.05) is 6.92 Å². The Balaban J connectivity index is 1.92. The summed E-state index contributed by atoms with van der Waals surface area (Å²) >= 11 is 0. The molecule has 1 N–H and O–H groups in total. The van der Waals surface area contributed by atoms with Crippen molar-refractivity contribution in [2.75, 3.05) is 0 Å². The number of alkyl halides is 2. The Kier molecular flexibility index (Phi) is 4.95. The molecule has 0 aliphatic heterocycles. The van der Waals surface area contributed by atoms with E-state index in [4.69, 9.17) is 0 Å². The molecule has 0 saturated heterocycles. The highest BCUT2D eigenvalue weighted by Crippen LogP contribution is 2.19. The van der Waals surface area contributed by atoms with Crippen molar-refractivity contribution in [3.05, 3.63) is 53.6 Å². The highest BCUT2D eigenvalue weighted by molar-refractivity contribution is 5.33. The van der Waals surface area contributed by atoms with Crippen molar-refractivity contribution >= 4 is 0 Å². The van der Waals surface area contributed by atoms with Crippen LogP contribution < -0.4 is 10.1 Å². The molecule has 1 aromatic heterocycles. The highest BCUT2D eigenvalue weighted by Gasteiger charge is 2.08. The van der Waals surface area contributed by atoms with Gasteiger partial charge in [-0.15, -0.1) is 0 Å². The van der Waals surface area contributed by atoms with Gasteiger partial charge in [0, 0.05) is 31.0 Å². The van der Waals surface area contributed by atoms with Gasteiger partial charge in [-0.05, 0) is 13.0 Å². The van der Waals surface area contributed by atoms with Crippen molar-refractivity contribution in [2.24, 2.45) is 0 Å². The van der Waals surface area contributed by atoms with Gasteiger partial charge in [0.15, 0.2) is 0 Å². The summed E-state index contributed by atoms with van der Waals surface area (Å²) in [6, 6.07) is 6.70. The van der Waals surface area contributed by atoms with E-state index in [0.717, 1.165) is 11.4 Å². The molecule has 0 saturated carbocycles. The molecule has 0 atom stereocenters. The zero-order valence-electron chi connectivity index (χ0n) is 11.0. The summed E-state index contributed by atoms with van der Waals surface area (Å²) in [6.45, 7) is -0.0317. The lowest BCUT2D eigenvalue weighted by atomic mass is 10.2. The molecule has 1 aromatic carbocycles. The first-order chi connectivity index (χ1) is 9.65. The van der Waals surface area contributed by atoms with Crippen molar-refractivity contribution in [3.63, 3.8) is 0 Å². The Morgan fingerprint density at radius 1 is 1.15 bits per heavy atom. The minimum absolute atomic E-state index is 0.185. The van der Waals surface area contributed by atoms with Gasteiger partial charge in [-0.2, -0.15) is 8.78 Å². The van der Waals surface area contributed by atoms with Crippen LogP contribution in [0.5, 0.6) is 5.75 Å². The van der Waals surface area contributed by atoms with E-state index < -0.39 is 6.61 Å². The van der Waals surface area contributed by atoms with Gasteiger partial charge in [-0.1, -0.05) is 18.2 Å². The number of halogens is 2. The SMILES string of the molecule is Cc1cnc(CNCc2ccccc2OC(F)F)cn1. The van der Waals surface area contributed by atoms with Gasteiger partial charge in [0.05, 0.1) is 11.4 Å². The molecule has 20 heavy (non-hydrogen) atoms. The van der Waals surface area contributed by atoms with Crippen LogP contribution in [0.25, 0.3) is 0 Å². The third-order valence-corrected chi connectivity index (χ3v) is 2.64. The largest absolute Gasteiger partial charge is 0.434 e. The third-order valence-electron chi connectivity index (χ3n) is 2.64. The molecule has 0 spiro atoms. The maximum absolute atomic E-state index is 12.3. The fourth-order valence-corrected chi connectivity index (χ4v) is 1.70. The van der Waals surface area contributed by atoms with Crippen molar-refractivity contribution in [1.82, 2.24) is 15.3 Å². The molecule has 1 heterocycles. The molecule has 2 rings (SSSR count). The Morgan fingerprint density at radius 2 is 1.95 bits per heavy atom. The summed E-state index contributed by atoms with van der Waals surface area (Å²) in [6.07, 6.45) is 3.37. The summed E-state index contributed by atoms with van der Waals surface area (Å²) in [5.74, 6) is 0.185. The Labute approximate surface area is 115 Å². The fourth-order valence-electron chi connectivity index (χ4n) is 1.70. The van der Waals surface area contributed by atoms with E-state index in [-0.39, 0.29) is 5.75 Å². The van der Waals surface area contributed by atoms with E-state index >= 15 is 0 Å². The normalized spacial score (nSPS) is 10.8. The quantitative estimate of drug-likeness (QED) is 0.883. The number of nitrogens with zero attached hydrogens (tertiary/aromatic N) is 2. The van der Waals surface area contributed by atoms with Crippen LogP contribution in [0, 0.1) is 6.92 Å². The van der Waals surface area contributed by atoms with Crippen LogP contribution in [-0.4, -0.2) is 16.6 Å². The molecule has 0 fully saturated rings. The maximum Gasteiger partial charge on any atom is 0.387 e. The van der Waals surface area contributed by atoms with Crippen molar-refractivity contribution in [2.45, 2.75) is 26.6 Å². The highest BCUT2D eigenvalue weighted by atomic mass is 19.3. The molecule has 0 bridgehead atoms. The number of rotatable bonds is 6. The van der Waals surface area contributed by atoms with Gasteiger partial charge >= 0.3 is 6.61 Å². The van der Waals surface area contributed by atoms with Crippen molar-refractivity contribution < 1.29 is 13.5 Å². The minimum atomic E-state index is -2.82. The van der Waals surface area contributed by atoms with Crippen LogP contribution >= 0.6 is 0 Å². The van der Waals surface area contributed by atoms with Gasteiger partial charge < -0.3 is 10.1 Å². The van der Waals surface area contributed by atoms with Gasteiger partial charge in [0.1, 0.15) is 5.75 Å². The standard InChI is InChI=1S/C14H15F2N3O/c1-10-6-19-12(9-18-10)8-17-7-11-4-2-3-5-13(11)20-14(15)16/h2-6,9,14,17H,7-8H2,1H3. The second-order valence-corrected chi connectivity index (χ2v) is 4.24. The zero-order valence-corrected chi connectivity index (χ0v) is 11.0. The Morgan fingerprint density at radius 3 is 2.65 bits per heavy atom. The van der Waals surface area contributed by atoms with Gasteiger partial charge in [-0.25, -0.2) is 0 Å². The van der Waals surface area contributed by atoms with E-state index in [2.05, 4.69) is 20.0 Å². The lowest BCUT2D eigenvalue weighted by Crippen LogP contribution is -2.15. The third kappa shape index (κ3) is 4.24. The second kappa shape index (κ2) is 6.91. The number of hydrogen-bond donors (Lipinski definition) is 1. The summed E-state index contributed by atoms with van der Waals surface area (Å²) in [5.41, 5.74) is 2.32. The van der Waals surface area contributed by atoms with Crippen LogP contribution in [0.1, 0.15) is 17.0 Å². The predicted octanol–water partition coefficient (Wildman–Crippen LogP) is 2.68. The number of nitrogens with one attached hydrogen (secondary N) is 1. The lowest BCUT2D eigenvalue weighted by molar-refractivity contribution is -0.0505. The summed E-state index contributed by atoms with van der Waals surface area (Å²) in [7, 11) is 0. The molecular formula is C14H15F2N3O. The number of hydrogen-bond acceptors (Lipinski definition) is 4. The van der Waals surface area contributed by atoms with Crippen LogP contribution in [0.15, 0.2) is 36.7 Å². The Bertz CT molecular complexity index is 546. The van der Waals surface area contributed by atoms with Crippen molar-refractivity contribution in [1.29, 1.82) is 0 Å². The minimum Gasteiger partial charge on any atom is -0.434 e. The predicted molar refractivity (Wildman–Crippen MR) is 70.4 cm³/mol. The molecule has 0 radical (unpaired) electrons. The average Bonchev–Trinajstić information content (AvgIpc) is 2.42. The summed E-state index contributed by atoms with van der Waals surface area (Å²) in [5, 5.41) is 3.12. The van der Waals surface area contributed by atoms with E-state index in [0.29, 0.717) is 18.7 Å². The molecule has 4 nitrogen and oxygen atoms in total. The average molecular weight is 279 g/mol. The van der Waals surface area contributed by atoms with E-state index in [1.54, 1.807) is 30.6 Å². The molecule has 6 heteroatoms. The molecule has 2 aromatic rings. The number of ether oxygens (including phenoxy) is 1. The molecular weight excluding hydrogens is 264 g/mol. The van der Waals surface area contributed by atoms with E-state index in [1.165, 1.54) is 6.07 Å². The number of aromatic nitrogens is 2. The lowest BCUT2D eigenvalue weighted by Gasteiger charge is -2.11. The Hall–Kier alpha value is -2.08. The summed E-state index contributed by atoms with van der Waals surface area (Å²) < 4.78 is 29.0. The maximum atomic E-state index is 12.3. The van der Waals surface area contributed by atoms with Crippen LogP contribution in [0.4, 0.5) is 8.78 Å². The van der Waals surface area contributed by atoms with Gasteiger partial charge in [-0.3, -0.25) is 9.97 Å². The molecule has 0 aliphatic rings. The first-order valence-corrected chi connectivity index (χ1v) is 6.16. The molecule has 0 unspecified atom stereocenters. The van der Waals surface area contributed by atoms with Crippen LogP contribution in [0.2, 0.25) is 0 Å². The second-order valence-electron chi connectivity index (χ2n) is 4.24. The molecule has 0 aliphatic carbocycles. The summed E-state index contributed by atoms with van der Waals surface area (Å²) in [4.78, 5) is 8.34. The van der Waals surface area contributed by atoms with E-state index in [9.17, 15) is 8.78 Å². The number of aryl methyl sites for hydroxylation is 1. The molecule has 106 valence electrons. The monoisotopic (exact) mass is 279 g/mol. The topological polar surface area (TPSA) is 47.0 Å². The fraction of sp³-hybridized carbons (Fsp3) is 0.286. The first-order valence-electron chi connectivity index (χ1n) is 6.16. The molecule has 0 amide bonds. The zero-order chi connectivity index (χ0) is 14.4. The number of para-hydroxylation sites is 1. The smallest absolute Gasteiger partial charge is 0.387 e. The van der Waals surface area contributed by atoms with Gasteiger partial charge in [0.2, 0.25) is 0 Å². The van der Waals surface area contributed by atoms with Crippen molar-refractivity contribution in [3.8, 4) is 5.75 Å². The van der Waals surface area contributed by atoms with Crippen LogP contribution in [-0.2, 0) is 13.1 Å².